The van der Waals surface area contributed by atoms with Crippen LogP contribution >= 0.6 is 22.7 Å². The van der Waals surface area contributed by atoms with Crippen LogP contribution in [0.15, 0.2) is 96.5 Å². The van der Waals surface area contributed by atoms with Gasteiger partial charge in [0.2, 0.25) is 0 Å². The molecule has 0 bridgehead atoms. The quantitative estimate of drug-likeness (QED) is 0.159. The Labute approximate surface area is 290 Å². The molecule has 2 atom stereocenters. The highest BCUT2D eigenvalue weighted by Crippen LogP contribution is 2.30. The lowest BCUT2D eigenvalue weighted by molar-refractivity contribution is 0.0794. The van der Waals surface area contributed by atoms with Crippen molar-refractivity contribution in [3.63, 3.8) is 0 Å². The van der Waals surface area contributed by atoms with E-state index in [-0.39, 0.29) is 0 Å². The molecule has 0 N–H and O–H groups in total. The monoisotopic (exact) mass is 678 g/mol. The number of nitrogens with zero attached hydrogens (tertiary/aromatic N) is 6. The summed E-state index contributed by atoms with van der Waals surface area (Å²) in [6.45, 7) is 8.80. The fraction of sp³-hybridized carbons (Fsp3) is 0.368. The van der Waals surface area contributed by atoms with Crippen molar-refractivity contribution in [2.75, 3.05) is 26.2 Å². The van der Waals surface area contributed by atoms with Crippen LogP contribution in [-0.4, -0.2) is 68.1 Å². The Morgan fingerprint density at radius 3 is 1.46 bits per heavy atom. The Hall–Kier alpha value is -3.96. The molecule has 2 aromatic carbocycles. The van der Waals surface area contributed by atoms with E-state index in [1.165, 1.54) is 20.5 Å². The molecule has 0 unspecified atom stereocenters. The summed E-state index contributed by atoms with van der Waals surface area (Å²) in [5.74, 6) is 1.75. The summed E-state index contributed by atoms with van der Waals surface area (Å²) in [4.78, 5) is 22.2. The SMILES string of the molecule is C[C@@H](c1ccc2scnc2c1)N1CCC(Oc2cccnc2)CC1.C[C@H](c1ccc2scnc2c1)N1CCC(Oc2cccnc2)CC1. The molecule has 4 aromatic heterocycles. The van der Waals surface area contributed by atoms with Gasteiger partial charge in [0.15, 0.2) is 0 Å². The van der Waals surface area contributed by atoms with Gasteiger partial charge in [0, 0.05) is 50.7 Å². The maximum Gasteiger partial charge on any atom is 0.137 e. The summed E-state index contributed by atoms with van der Waals surface area (Å²) in [5, 5.41) is 0. The summed E-state index contributed by atoms with van der Waals surface area (Å²) in [6.07, 6.45) is 11.9. The number of ether oxygens (including phenoxy) is 2. The molecule has 6 heterocycles. The zero-order valence-corrected chi connectivity index (χ0v) is 29.2. The normalized spacial score (nSPS) is 17.9. The number of rotatable bonds is 8. The second-order valence-electron chi connectivity index (χ2n) is 12.6. The minimum atomic E-state index is 0.290. The minimum absolute atomic E-state index is 0.290. The van der Waals surface area contributed by atoms with E-state index in [1.54, 1.807) is 47.5 Å². The average molecular weight is 679 g/mol. The number of aromatic nitrogens is 4. The second kappa shape index (κ2) is 15.5. The lowest BCUT2D eigenvalue weighted by atomic mass is 10.0. The van der Waals surface area contributed by atoms with Crippen molar-refractivity contribution in [3.05, 3.63) is 108 Å². The minimum Gasteiger partial charge on any atom is -0.489 e. The fourth-order valence-electron chi connectivity index (χ4n) is 6.67. The van der Waals surface area contributed by atoms with Gasteiger partial charge in [-0.05, 0) is 99.2 Å². The van der Waals surface area contributed by atoms with Gasteiger partial charge in [0.25, 0.3) is 0 Å². The first-order valence-electron chi connectivity index (χ1n) is 16.9. The molecule has 6 aromatic rings. The number of hydrogen-bond acceptors (Lipinski definition) is 10. The highest BCUT2D eigenvalue weighted by atomic mass is 32.1. The van der Waals surface area contributed by atoms with E-state index in [0.717, 1.165) is 74.4 Å². The Bertz CT molecular complexity index is 1730. The van der Waals surface area contributed by atoms with Gasteiger partial charge in [-0.3, -0.25) is 19.8 Å². The highest BCUT2D eigenvalue weighted by molar-refractivity contribution is 7.17. The van der Waals surface area contributed by atoms with Crippen LogP contribution in [-0.2, 0) is 0 Å². The van der Waals surface area contributed by atoms with Crippen molar-refractivity contribution in [2.24, 2.45) is 0 Å². The fourth-order valence-corrected chi connectivity index (χ4v) is 7.99. The summed E-state index contributed by atoms with van der Waals surface area (Å²) in [6, 6.07) is 21.9. The molecule has 2 aliphatic heterocycles. The van der Waals surface area contributed by atoms with Gasteiger partial charge in [0.1, 0.15) is 23.7 Å². The maximum atomic E-state index is 6.04. The zero-order chi connectivity index (χ0) is 32.7. The third-order valence-corrected chi connectivity index (χ3v) is 11.2. The maximum absolute atomic E-state index is 6.04. The summed E-state index contributed by atoms with van der Waals surface area (Å²) in [7, 11) is 0. The Balaban J connectivity index is 0.000000152. The molecule has 10 heteroatoms. The number of thiazole rings is 2. The lowest BCUT2D eigenvalue weighted by Crippen LogP contribution is -2.39. The largest absolute Gasteiger partial charge is 0.489 e. The van der Waals surface area contributed by atoms with Crippen molar-refractivity contribution in [3.8, 4) is 11.5 Å². The first-order valence-corrected chi connectivity index (χ1v) is 18.6. The molecule has 2 saturated heterocycles. The van der Waals surface area contributed by atoms with E-state index in [4.69, 9.17) is 9.47 Å². The van der Waals surface area contributed by atoms with Crippen molar-refractivity contribution in [1.82, 2.24) is 29.7 Å². The van der Waals surface area contributed by atoms with E-state index in [9.17, 15) is 0 Å². The first-order chi connectivity index (χ1) is 23.6. The second-order valence-corrected chi connectivity index (χ2v) is 14.4. The van der Waals surface area contributed by atoms with Crippen LogP contribution in [0.4, 0.5) is 0 Å². The molecule has 0 aliphatic carbocycles. The average Bonchev–Trinajstić information content (AvgIpc) is 3.82. The van der Waals surface area contributed by atoms with E-state index in [0.29, 0.717) is 24.3 Å². The van der Waals surface area contributed by atoms with Crippen LogP contribution < -0.4 is 9.47 Å². The molecule has 48 heavy (non-hydrogen) atoms. The predicted octanol–water partition coefficient (Wildman–Crippen LogP) is 8.59. The molecule has 248 valence electrons. The van der Waals surface area contributed by atoms with Gasteiger partial charge in [0.05, 0.1) is 43.8 Å². The van der Waals surface area contributed by atoms with Gasteiger partial charge in [-0.2, -0.15) is 0 Å². The lowest BCUT2D eigenvalue weighted by Gasteiger charge is -2.36. The summed E-state index contributed by atoms with van der Waals surface area (Å²) >= 11 is 3.40. The van der Waals surface area contributed by atoms with Crippen molar-refractivity contribution < 1.29 is 9.47 Å². The zero-order valence-electron chi connectivity index (χ0n) is 27.5. The summed E-state index contributed by atoms with van der Waals surface area (Å²) in [5.41, 5.74) is 8.75. The standard InChI is InChI=1S/2C19H21N3OS/c2*1-14(15-4-5-19-18(11-15)21-13-24-19)22-9-6-16(7-10-22)23-17-3-2-8-20-12-17/h2*2-5,8,11-14,16H,6-7,9-10H2,1H3/t2*14-/m10/s1. The van der Waals surface area contributed by atoms with Crippen LogP contribution in [0.3, 0.4) is 0 Å². The van der Waals surface area contributed by atoms with Gasteiger partial charge >= 0.3 is 0 Å². The highest BCUT2D eigenvalue weighted by Gasteiger charge is 2.26. The number of piperidine rings is 2. The smallest absolute Gasteiger partial charge is 0.137 e. The molecule has 2 aliphatic rings. The third kappa shape index (κ3) is 8.01. The van der Waals surface area contributed by atoms with Crippen molar-refractivity contribution in [2.45, 2.75) is 63.8 Å². The van der Waals surface area contributed by atoms with Gasteiger partial charge in [-0.15, -0.1) is 22.7 Å². The van der Waals surface area contributed by atoms with Crippen LogP contribution in [0, 0.1) is 0 Å². The molecule has 0 saturated carbocycles. The summed E-state index contributed by atoms with van der Waals surface area (Å²) < 4.78 is 14.6. The van der Waals surface area contributed by atoms with Crippen LogP contribution in [0.1, 0.15) is 62.7 Å². The van der Waals surface area contributed by atoms with Crippen LogP contribution in [0.25, 0.3) is 20.4 Å². The third-order valence-electron chi connectivity index (χ3n) is 9.60. The molecule has 0 spiro atoms. The number of likely N-dealkylation sites (tertiary alicyclic amines) is 2. The molecule has 0 radical (unpaired) electrons. The Morgan fingerprint density at radius 2 is 1.06 bits per heavy atom. The van der Waals surface area contributed by atoms with E-state index in [2.05, 4.69) is 80.0 Å². The predicted molar refractivity (Wildman–Crippen MR) is 195 cm³/mol. The topological polar surface area (TPSA) is 76.5 Å². The molecular weight excluding hydrogens is 637 g/mol. The van der Waals surface area contributed by atoms with Crippen molar-refractivity contribution in [1.29, 1.82) is 0 Å². The van der Waals surface area contributed by atoms with E-state index >= 15 is 0 Å². The Kier molecular flexibility index (Phi) is 10.5. The van der Waals surface area contributed by atoms with E-state index in [1.807, 2.05) is 35.3 Å². The number of pyridine rings is 2. The van der Waals surface area contributed by atoms with E-state index < -0.39 is 0 Å². The molecular formula is C38H42N6O2S2. The van der Waals surface area contributed by atoms with Crippen LogP contribution in [0.5, 0.6) is 11.5 Å². The van der Waals surface area contributed by atoms with Gasteiger partial charge in [-0.1, -0.05) is 12.1 Å². The van der Waals surface area contributed by atoms with Crippen LogP contribution in [0.2, 0.25) is 0 Å². The molecule has 8 nitrogen and oxygen atoms in total. The molecule has 0 amide bonds. The number of hydrogen-bond donors (Lipinski definition) is 0. The number of fused-ring (bicyclic) bond motifs is 2. The van der Waals surface area contributed by atoms with Crippen molar-refractivity contribution >= 4 is 43.1 Å². The van der Waals surface area contributed by atoms with Gasteiger partial charge in [-0.25, -0.2) is 9.97 Å². The van der Waals surface area contributed by atoms with Gasteiger partial charge < -0.3 is 9.47 Å². The number of benzene rings is 2. The molecule has 2 fully saturated rings. The Morgan fingerprint density at radius 1 is 0.625 bits per heavy atom. The molecule has 8 rings (SSSR count). The first kappa shape index (κ1) is 32.6.